The Bertz CT molecular complexity index is 685. The number of anilines is 1. The summed E-state index contributed by atoms with van der Waals surface area (Å²) < 4.78 is 12.9. The minimum Gasteiger partial charge on any atom is -0.354 e. The van der Waals surface area contributed by atoms with Crippen molar-refractivity contribution < 1.29 is 9.18 Å². The predicted octanol–water partition coefficient (Wildman–Crippen LogP) is 3.01. The molecule has 0 spiro atoms. The Morgan fingerprint density at radius 1 is 1.00 bits per heavy atom. The molecule has 0 saturated carbocycles. The first-order valence-corrected chi connectivity index (χ1v) is 7.45. The molecule has 0 saturated heterocycles. The van der Waals surface area contributed by atoms with Crippen molar-refractivity contribution in [2.75, 3.05) is 18.5 Å². The van der Waals surface area contributed by atoms with E-state index in [0.717, 1.165) is 11.3 Å². The highest BCUT2D eigenvalue weighted by Gasteiger charge is 2.15. The molecule has 1 aliphatic heterocycles. The molecule has 1 N–H and O–H groups in total. The maximum absolute atomic E-state index is 12.9. The first kappa shape index (κ1) is 15.1. The van der Waals surface area contributed by atoms with E-state index < -0.39 is 0 Å². The number of carbonyl (C=O) groups is 1. The van der Waals surface area contributed by atoms with Gasteiger partial charge in [-0.2, -0.15) is 0 Å². The van der Waals surface area contributed by atoms with Crippen LogP contribution in [0.3, 0.4) is 0 Å². The molecule has 0 radical (unpaired) electrons. The number of rotatable bonds is 5. The van der Waals surface area contributed by atoms with Gasteiger partial charge in [0.15, 0.2) is 0 Å². The second-order valence-electron chi connectivity index (χ2n) is 5.47. The SMILES string of the molecule is O=C(CN1C=CN(Cc2ccc(F)cc2)C1)Nc1ccccc1. The topological polar surface area (TPSA) is 35.6 Å². The minimum absolute atomic E-state index is 0.0514. The Morgan fingerprint density at radius 3 is 2.43 bits per heavy atom. The average molecular weight is 311 g/mol. The number of benzene rings is 2. The van der Waals surface area contributed by atoms with Crippen LogP contribution in [0, 0.1) is 5.82 Å². The molecule has 1 heterocycles. The van der Waals surface area contributed by atoms with E-state index in [1.807, 2.05) is 47.6 Å². The summed E-state index contributed by atoms with van der Waals surface area (Å²) in [5.74, 6) is -0.283. The van der Waals surface area contributed by atoms with Crippen molar-refractivity contribution in [2.45, 2.75) is 6.54 Å². The van der Waals surface area contributed by atoms with Crippen LogP contribution in [0.4, 0.5) is 10.1 Å². The Morgan fingerprint density at radius 2 is 1.70 bits per heavy atom. The molecule has 0 bridgehead atoms. The Kier molecular flexibility index (Phi) is 4.57. The Labute approximate surface area is 134 Å². The lowest BCUT2D eigenvalue weighted by atomic mass is 10.2. The lowest BCUT2D eigenvalue weighted by Crippen LogP contribution is -2.32. The maximum Gasteiger partial charge on any atom is 0.243 e. The number of halogens is 1. The van der Waals surface area contributed by atoms with Crippen LogP contribution >= 0.6 is 0 Å². The van der Waals surface area contributed by atoms with Crippen molar-refractivity contribution >= 4 is 11.6 Å². The van der Waals surface area contributed by atoms with Gasteiger partial charge in [0.1, 0.15) is 5.82 Å². The first-order chi connectivity index (χ1) is 11.2. The molecule has 3 rings (SSSR count). The second kappa shape index (κ2) is 6.96. The Balaban J connectivity index is 1.47. The number of amides is 1. The lowest BCUT2D eigenvalue weighted by Gasteiger charge is -2.21. The van der Waals surface area contributed by atoms with E-state index in [9.17, 15) is 9.18 Å². The summed E-state index contributed by atoms with van der Waals surface area (Å²) in [4.78, 5) is 16.0. The fourth-order valence-electron chi connectivity index (χ4n) is 2.45. The minimum atomic E-state index is -0.232. The van der Waals surface area contributed by atoms with E-state index in [4.69, 9.17) is 0 Å². The molecular weight excluding hydrogens is 293 g/mol. The fraction of sp³-hybridized carbons (Fsp3) is 0.167. The maximum atomic E-state index is 12.9. The van der Waals surface area contributed by atoms with E-state index in [1.165, 1.54) is 12.1 Å². The van der Waals surface area contributed by atoms with Gasteiger partial charge in [-0.05, 0) is 29.8 Å². The summed E-state index contributed by atoms with van der Waals surface area (Å²) in [6.45, 7) is 1.62. The summed E-state index contributed by atoms with van der Waals surface area (Å²) in [6.07, 6.45) is 3.84. The van der Waals surface area contributed by atoms with Crippen LogP contribution in [0.2, 0.25) is 0 Å². The van der Waals surface area contributed by atoms with Gasteiger partial charge in [0.05, 0.1) is 13.2 Å². The zero-order valence-corrected chi connectivity index (χ0v) is 12.7. The molecule has 0 atom stereocenters. The van der Waals surface area contributed by atoms with Gasteiger partial charge < -0.3 is 15.1 Å². The molecule has 4 nitrogen and oxygen atoms in total. The number of hydrogen-bond donors (Lipinski definition) is 1. The molecule has 5 heteroatoms. The lowest BCUT2D eigenvalue weighted by molar-refractivity contribution is -0.116. The molecule has 118 valence electrons. The van der Waals surface area contributed by atoms with Crippen LogP contribution in [0.5, 0.6) is 0 Å². The van der Waals surface area contributed by atoms with Gasteiger partial charge in [-0.1, -0.05) is 30.3 Å². The summed E-state index contributed by atoms with van der Waals surface area (Å²) >= 11 is 0. The summed E-state index contributed by atoms with van der Waals surface area (Å²) in [5.41, 5.74) is 1.83. The van der Waals surface area contributed by atoms with Crippen molar-refractivity contribution in [2.24, 2.45) is 0 Å². The normalized spacial score (nSPS) is 13.4. The quantitative estimate of drug-likeness (QED) is 0.922. The zero-order valence-electron chi connectivity index (χ0n) is 12.7. The molecule has 0 fully saturated rings. The summed E-state index contributed by atoms with van der Waals surface area (Å²) in [5, 5.41) is 2.86. The number of hydrogen-bond acceptors (Lipinski definition) is 3. The van der Waals surface area contributed by atoms with Crippen molar-refractivity contribution in [3.05, 3.63) is 78.4 Å². The second-order valence-corrected chi connectivity index (χ2v) is 5.47. The number of nitrogens with zero attached hydrogens (tertiary/aromatic N) is 2. The smallest absolute Gasteiger partial charge is 0.243 e. The van der Waals surface area contributed by atoms with E-state index in [0.29, 0.717) is 19.8 Å². The highest BCUT2D eigenvalue weighted by Crippen LogP contribution is 2.13. The highest BCUT2D eigenvalue weighted by atomic mass is 19.1. The molecule has 0 unspecified atom stereocenters. The highest BCUT2D eigenvalue weighted by molar-refractivity contribution is 5.92. The average Bonchev–Trinajstić information content (AvgIpc) is 2.97. The summed E-state index contributed by atoms with van der Waals surface area (Å²) in [7, 11) is 0. The fourth-order valence-corrected chi connectivity index (χ4v) is 2.45. The molecule has 2 aromatic rings. The Hall–Kier alpha value is -2.82. The van der Waals surface area contributed by atoms with Crippen molar-refractivity contribution in [1.29, 1.82) is 0 Å². The third-order valence-electron chi connectivity index (χ3n) is 3.55. The summed E-state index contributed by atoms with van der Waals surface area (Å²) in [6, 6.07) is 15.9. The molecule has 0 aromatic heterocycles. The predicted molar refractivity (Wildman–Crippen MR) is 87.7 cm³/mol. The van der Waals surface area contributed by atoms with Crippen LogP contribution < -0.4 is 5.32 Å². The van der Waals surface area contributed by atoms with Gasteiger partial charge in [-0.25, -0.2) is 4.39 Å². The number of nitrogens with one attached hydrogen (secondary N) is 1. The van der Waals surface area contributed by atoms with E-state index in [1.54, 1.807) is 12.1 Å². The molecule has 2 aromatic carbocycles. The van der Waals surface area contributed by atoms with Crippen LogP contribution in [0.1, 0.15) is 5.56 Å². The molecule has 0 aliphatic carbocycles. The van der Waals surface area contributed by atoms with Gasteiger partial charge in [-0.15, -0.1) is 0 Å². The van der Waals surface area contributed by atoms with Gasteiger partial charge >= 0.3 is 0 Å². The van der Waals surface area contributed by atoms with Gasteiger partial charge in [0, 0.05) is 24.6 Å². The number of carbonyl (C=O) groups excluding carboxylic acids is 1. The monoisotopic (exact) mass is 311 g/mol. The van der Waals surface area contributed by atoms with Gasteiger partial charge in [0.2, 0.25) is 5.91 Å². The van der Waals surface area contributed by atoms with Crippen LogP contribution in [-0.4, -0.2) is 28.9 Å². The van der Waals surface area contributed by atoms with Crippen LogP contribution in [0.15, 0.2) is 67.0 Å². The van der Waals surface area contributed by atoms with Gasteiger partial charge in [-0.3, -0.25) is 4.79 Å². The zero-order chi connectivity index (χ0) is 16.1. The van der Waals surface area contributed by atoms with E-state index in [-0.39, 0.29) is 11.7 Å². The standard InChI is InChI=1S/C18H18FN3O/c19-16-8-6-15(7-9-16)12-21-10-11-22(14-21)13-18(23)20-17-4-2-1-3-5-17/h1-11H,12-14H2,(H,20,23). The molecular formula is C18H18FN3O. The number of para-hydroxylation sites is 1. The molecule has 1 amide bonds. The largest absolute Gasteiger partial charge is 0.354 e. The van der Waals surface area contributed by atoms with Crippen LogP contribution in [0.25, 0.3) is 0 Å². The van der Waals surface area contributed by atoms with Crippen molar-refractivity contribution in [1.82, 2.24) is 9.80 Å². The molecule has 23 heavy (non-hydrogen) atoms. The van der Waals surface area contributed by atoms with Crippen molar-refractivity contribution in [3.63, 3.8) is 0 Å². The third kappa shape index (κ3) is 4.32. The first-order valence-electron chi connectivity index (χ1n) is 7.45. The molecule has 1 aliphatic rings. The third-order valence-corrected chi connectivity index (χ3v) is 3.55. The van der Waals surface area contributed by atoms with Crippen LogP contribution in [-0.2, 0) is 11.3 Å². The van der Waals surface area contributed by atoms with Gasteiger partial charge in [0.25, 0.3) is 0 Å². The van der Waals surface area contributed by atoms with E-state index >= 15 is 0 Å². The van der Waals surface area contributed by atoms with Crippen molar-refractivity contribution in [3.8, 4) is 0 Å². The van der Waals surface area contributed by atoms with E-state index in [2.05, 4.69) is 10.2 Å².